The minimum atomic E-state index is -3.06. The number of amides is 1. The van der Waals surface area contributed by atoms with Crippen molar-refractivity contribution in [2.45, 2.75) is 0 Å². The van der Waals surface area contributed by atoms with E-state index < -0.39 is 9.84 Å². The number of sulfone groups is 1. The molecular weight excluding hydrogens is 374 g/mol. The van der Waals surface area contributed by atoms with Gasteiger partial charge in [0.25, 0.3) is 5.91 Å². The van der Waals surface area contributed by atoms with Gasteiger partial charge in [-0.25, -0.2) is 8.42 Å². The average molecular weight is 385 g/mol. The fourth-order valence-electron chi connectivity index (χ4n) is 1.12. The van der Waals surface area contributed by atoms with Crippen molar-refractivity contribution in [3.63, 3.8) is 0 Å². The maximum absolute atomic E-state index is 11.7. The number of nitrogens with one attached hydrogen (secondary N) is 1. The second-order valence-electron chi connectivity index (χ2n) is 3.51. The fraction of sp³-hybridized carbons (Fsp3) is 0.300. The molecule has 1 rings (SSSR count). The zero-order valence-electron chi connectivity index (χ0n) is 9.04. The highest BCUT2D eigenvalue weighted by molar-refractivity contribution is 9.11. The van der Waals surface area contributed by atoms with Gasteiger partial charge in [-0.3, -0.25) is 4.79 Å². The summed E-state index contributed by atoms with van der Waals surface area (Å²) >= 11 is 6.53. The molecule has 17 heavy (non-hydrogen) atoms. The van der Waals surface area contributed by atoms with Crippen molar-refractivity contribution in [1.82, 2.24) is 5.32 Å². The van der Waals surface area contributed by atoms with Crippen molar-refractivity contribution >= 4 is 47.6 Å². The first-order valence-corrected chi connectivity index (χ1v) is 8.35. The molecule has 0 aromatic heterocycles. The van der Waals surface area contributed by atoms with E-state index in [-0.39, 0.29) is 18.2 Å². The maximum atomic E-state index is 11.7. The molecule has 7 heteroatoms. The first-order valence-electron chi connectivity index (χ1n) is 4.70. The van der Waals surface area contributed by atoms with E-state index in [4.69, 9.17) is 0 Å². The SMILES string of the molecule is CS(=O)(=O)CCNC(=O)c1cc(Br)ccc1Br. The maximum Gasteiger partial charge on any atom is 0.252 e. The molecule has 0 aliphatic carbocycles. The molecule has 1 aromatic rings. The van der Waals surface area contributed by atoms with Gasteiger partial charge in [0, 0.05) is 21.7 Å². The number of hydrogen-bond donors (Lipinski definition) is 1. The predicted octanol–water partition coefficient (Wildman–Crippen LogP) is 1.99. The molecule has 0 spiro atoms. The molecule has 1 amide bonds. The Morgan fingerprint density at radius 1 is 1.35 bits per heavy atom. The summed E-state index contributed by atoms with van der Waals surface area (Å²) in [7, 11) is -3.06. The van der Waals surface area contributed by atoms with E-state index in [1.807, 2.05) is 0 Å². The lowest BCUT2D eigenvalue weighted by molar-refractivity contribution is 0.0955. The molecule has 4 nitrogen and oxygen atoms in total. The highest BCUT2D eigenvalue weighted by atomic mass is 79.9. The zero-order chi connectivity index (χ0) is 13.1. The highest BCUT2D eigenvalue weighted by Crippen LogP contribution is 2.21. The summed E-state index contributed by atoms with van der Waals surface area (Å²) in [4.78, 5) is 11.7. The summed E-state index contributed by atoms with van der Waals surface area (Å²) in [6.07, 6.45) is 1.13. The Labute approximate surface area is 117 Å². The Bertz CT molecular complexity index is 528. The molecule has 0 aliphatic rings. The summed E-state index contributed by atoms with van der Waals surface area (Å²) in [5.41, 5.74) is 0.466. The van der Waals surface area contributed by atoms with E-state index in [0.29, 0.717) is 10.0 Å². The monoisotopic (exact) mass is 383 g/mol. The van der Waals surface area contributed by atoms with Crippen molar-refractivity contribution in [3.05, 3.63) is 32.7 Å². The summed E-state index contributed by atoms with van der Waals surface area (Å²) in [5, 5.41) is 2.55. The molecule has 0 bridgehead atoms. The van der Waals surface area contributed by atoms with Gasteiger partial charge >= 0.3 is 0 Å². The number of benzene rings is 1. The summed E-state index contributed by atoms with van der Waals surface area (Å²) in [6.45, 7) is 0.108. The second kappa shape index (κ2) is 5.97. The number of carbonyl (C=O) groups excluding carboxylic acids is 1. The first kappa shape index (κ1) is 14.7. The number of hydrogen-bond acceptors (Lipinski definition) is 3. The van der Waals surface area contributed by atoms with Crippen LogP contribution in [-0.2, 0) is 9.84 Å². The third-order valence-electron chi connectivity index (χ3n) is 1.93. The van der Waals surface area contributed by atoms with Crippen LogP contribution in [0.1, 0.15) is 10.4 Å². The second-order valence-corrected chi connectivity index (χ2v) is 7.54. The van der Waals surface area contributed by atoms with Crippen molar-refractivity contribution < 1.29 is 13.2 Å². The molecule has 94 valence electrons. The average Bonchev–Trinajstić information content (AvgIpc) is 2.19. The summed E-state index contributed by atoms with van der Waals surface area (Å²) in [6, 6.07) is 5.22. The van der Waals surface area contributed by atoms with Gasteiger partial charge in [-0.1, -0.05) is 15.9 Å². The molecule has 0 radical (unpaired) electrons. The number of rotatable bonds is 4. The molecule has 1 aromatic carbocycles. The Morgan fingerprint density at radius 2 is 2.00 bits per heavy atom. The molecular formula is C10H11Br2NO3S. The fourth-order valence-corrected chi connectivity index (χ4v) is 2.38. The Hall–Kier alpha value is -0.400. The van der Waals surface area contributed by atoms with E-state index in [1.165, 1.54) is 0 Å². The molecule has 0 heterocycles. The zero-order valence-corrected chi connectivity index (χ0v) is 13.0. The van der Waals surface area contributed by atoms with Crippen molar-refractivity contribution in [2.75, 3.05) is 18.6 Å². The van der Waals surface area contributed by atoms with E-state index >= 15 is 0 Å². The van der Waals surface area contributed by atoms with Crippen LogP contribution in [-0.4, -0.2) is 32.9 Å². The lowest BCUT2D eigenvalue weighted by Gasteiger charge is -2.06. The van der Waals surface area contributed by atoms with Crippen LogP contribution in [0.25, 0.3) is 0 Å². The smallest absolute Gasteiger partial charge is 0.252 e. The topological polar surface area (TPSA) is 63.2 Å². The van der Waals surface area contributed by atoms with E-state index in [2.05, 4.69) is 37.2 Å². The third kappa shape index (κ3) is 5.18. The highest BCUT2D eigenvalue weighted by Gasteiger charge is 2.11. The minimum absolute atomic E-state index is 0.0651. The molecule has 0 saturated carbocycles. The van der Waals surface area contributed by atoms with Crippen LogP contribution < -0.4 is 5.32 Å². The van der Waals surface area contributed by atoms with Gasteiger partial charge in [0.15, 0.2) is 0 Å². The molecule has 0 aliphatic heterocycles. The van der Waals surface area contributed by atoms with Gasteiger partial charge in [0.05, 0.1) is 11.3 Å². The van der Waals surface area contributed by atoms with E-state index in [1.54, 1.807) is 18.2 Å². The van der Waals surface area contributed by atoms with Gasteiger partial charge < -0.3 is 5.32 Å². The Morgan fingerprint density at radius 3 is 2.59 bits per heavy atom. The Kier molecular flexibility index (Phi) is 5.15. The van der Waals surface area contributed by atoms with Crippen molar-refractivity contribution in [2.24, 2.45) is 0 Å². The molecule has 0 atom stereocenters. The van der Waals surface area contributed by atoms with E-state index in [9.17, 15) is 13.2 Å². The quantitative estimate of drug-likeness (QED) is 0.863. The number of carbonyl (C=O) groups is 1. The van der Waals surface area contributed by atoms with Gasteiger partial charge in [-0.15, -0.1) is 0 Å². The summed E-state index contributed by atoms with van der Waals surface area (Å²) < 4.78 is 23.3. The Balaban J connectivity index is 2.67. The first-order chi connectivity index (χ1) is 7.79. The molecule has 1 N–H and O–H groups in total. The van der Waals surface area contributed by atoms with Crippen molar-refractivity contribution in [1.29, 1.82) is 0 Å². The minimum Gasteiger partial charge on any atom is -0.351 e. The van der Waals surface area contributed by atoms with Crippen LogP contribution >= 0.6 is 31.9 Å². The van der Waals surface area contributed by atoms with Crippen LogP contribution in [0.15, 0.2) is 27.1 Å². The predicted molar refractivity (Wildman–Crippen MR) is 73.9 cm³/mol. The van der Waals surface area contributed by atoms with Crippen LogP contribution in [0.2, 0.25) is 0 Å². The third-order valence-corrected chi connectivity index (χ3v) is 4.06. The van der Waals surface area contributed by atoms with Crippen LogP contribution in [0, 0.1) is 0 Å². The van der Waals surface area contributed by atoms with Crippen LogP contribution in [0.4, 0.5) is 0 Å². The van der Waals surface area contributed by atoms with Gasteiger partial charge in [-0.05, 0) is 34.1 Å². The van der Waals surface area contributed by atoms with Gasteiger partial charge in [0.1, 0.15) is 9.84 Å². The lowest BCUT2D eigenvalue weighted by atomic mass is 10.2. The van der Waals surface area contributed by atoms with Crippen LogP contribution in [0.5, 0.6) is 0 Å². The standard InChI is InChI=1S/C10H11Br2NO3S/c1-17(15,16)5-4-13-10(14)8-6-7(11)2-3-9(8)12/h2-3,6H,4-5H2,1H3,(H,13,14). The molecule has 0 fully saturated rings. The van der Waals surface area contributed by atoms with Crippen LogP contribution in [0.3, 0.4) is 0 Å². The van der Waals surface area contributed by atoms with Gasteiger partial charge in [-0.2, -0.15) is 0 Å². The van der Waals surface area contributed by atoms with Crippen molar-refractivity contribution in [3.8, 4) is 0 Å². The number of halogens is 2. The lowest BCUT2D eigenvalue weighted by Crippen LogP contribution is -2.29. The van der Waals surface area contributed by atoms with E-state index in [0.717, 1.165) is 10.7 Å². The molecule has 0 unspecified atom stereocenters. The normalized spacial score (nSPS) is 11.2. The van der Waals surface area contributed by atoms with Gasteiger partial charge in [0.2, 0.25) is 0 Å². The summed E-state index contributed by atoms with van der Waals surface area (Å²) in [5.74, 6) is -0.369. The molecule has 0 saturated heterocycles. The largest absolute Gasteiger partial charge is 0.351 e.